The topological polar surface area (TPSA) is 81.6 Å². The van der Waals surface area contributed by atoms with Gasteiger partial charge in [-0.2, -0.15) is 13.2 Å². The Morgan fingerprint density at radius 2 is 1.32 bits per heavy atom. The maximum atomic E-state index is 10.7. The first-order valence-corrected chi connectivity index (χ1v) is 8.14. The van der Waals surface area contributed by atoms with Crippen LogP contribution in [0, 0.1) is 0 Å². The maximum absolute atomic E-state index is 10.7. The van der Waals surface area contributed by atoms with Crippen LogP contribution in [0.25, 0.3) is 22.8 Å². The van der Waals surface area contributed by atoms with E-state index in [0.717, 1.165) is 16.9 Å². The van der Waals surface area contributed by atoms with E-state index in [2.05, 4.69) is 0 Å². The van der Waals surface area contributed by atoms with Crippen molar-refractivity contribution in [3.8, 4) is 22.8 Å². The Balaban J connectivity index is 0.000000242. The minimum absolute atomic E-state index is 0.532. The van der Waals surface area contributed by atoms with E-state index in [0.29, 0.717) is 5.96 Å². The average Bonchev–Trinajstić information content (AvgIpc) is 3.05. The molecule has 25 heavy (non-hydrogen) atoms. The van der Waals surface area contributed by atoms with E-state index >= 15 is 0 Å². The number of hydrogen-bond donors (Lipinski definition) is 0. The van der Waals surface area contributed by atoms with Crippen LogP contribution in [0.15, 0.2) is 75.8 Å². The fourth-order valence-electron chi connectivity index (χ4n) is 1.69. The van der Waals surface area contributed by atoms with Crippen LogP contribution in [0.4, 0.5) is 13.2 Å². The van der Waals surface area contributed by atoms with Gasteiger partial charge in [-0.1, -0.05) is 36.4 Å². The molecule has 2 aromatic carbocycles. The molecule has 0 atom stereocenters. The zero-order valence-electron chi connectivity index (χ0n) is 12.4. The summed E-state index contributed by atoms with van der Waals surface area (Å²) in [5, 5.41) is 0. The van der Waals surface area contributed by atoms with Gasteiger partial charge < -0.3 is 4.55 Å². The van der Waals surface area contributed by atoms with E-state index in [4.69, 9.17) is 21.8 Å². The number of benzene rings is 2. The predicted molar refractivity (Wildman–Crippen MR) is 82.0 cm³/mol. The van der Waals surface area contributed by atoms with Crippen molar-refractivity contribution in [1.82, 2.24) is 0 Å². The van der Waals surface area contributed by atoms with Gasteiger partial charge in [-0.15, -0.1) is 0 Å². The molecule has 0 amide bonds. The molecular weight excluding hydrogens is 361 g/mol. The van der Waals surface area contributed by atoms with Gasteiger partial charge in [0, 0.05) is 0 Å². The minimum atomic E-state index is -6.09. The summed E-state index contributed by atoms with van der Waals surface area (Å²) in [6.07, 6.45) is 1.64. The van der Waals surface area contributed by atoms with Crippen LogP contribution in [0.3, 0.4) is 0 Å². The highest BCUT2D eigenvalue weighted by Crippen LogP contribution is 2.27. The first-order valence-electron chi connectivity index (χ1n) is 6.73. The maximum Gasteiger partial charge on any atom is 0.532 e. The first-order chi connectivity index (χ1) is 11.7. The third-order valence-corrected chi connectivity index (χ3v) is 3.39. The summed E-state index contributed by atoms with van der Waals surface area (Å²) in [6.45, 7) is 0. The fraction of sp³-hybridized carbons (Fsp3) is 0.0625. The molecule has 0 aliphatic carbocycles. The summed E-state index contributed by atoms with van der Waals surface area (Å²) in [6, 6.07) is 19.7. The molecule has 0 spiro atoms. The molecule has 1 heterocycles. The van der Waals surface area contributed by atoms with Crippen molar-refractivity contribution in [3.63, 3.8) is 0 Å². The molecule has 0 aliphatic heterocycles. The van der Waals surface area contributed by atoms with Gasteiger partial charge in [0.1, 0.15) is 5.56 Å². The Morgan fingerprint density at radius 1 is 0.880 bits per heavy atom. The normalized spacial score (nSPS) is 11.5. The van der Waals surface area contributed by atoms with Gasteiger partial charge in [-0.3, -0.25) is 8.83 Å². The molecular formula is C16H11F3O5S. The summed E-state index contributed by atoms with van der Waals surface area (Å²) < 4.78 is 70.0. The first kappa shape index (κ1) is 18.7. The highest BCUT2D eigenvalue weighted by Gasteiger charge is 2.36. The van der Waals surface area contributed by atoms with Crippen molar-refractivity contribution in [2.24, 2.45) is 0 Å². The van der Waals surface area contributed by atoms with Gasteiger partial charge in [0.2, 0.25) is 0 Å². The lowest BCUT2D eigenvalue weighted by molar-refractivity contribution is -0.0517. The summed E-state index contributed by atoms with van der Waals surface area (Å²) >= 11 is 0. The van der Waals surface area contributed by atoms with Crippen molar-refractivity contribution in [2.45, 2.75) is 5.51 Å². The van der Waals surface area contributed by atoms with Gasteiger partial charge in [-0.25, -0.2) is 8.42 Å². The molecule has 132 valence electrons. The number of alkyl halides is 3. The quantitative estimate of drug-likeness (QED) is 0.375. The van der Waals surface area contributed by atoms with Crippen molar-refractivity contribution in [3.05, 3.63) is 66.9 Å². The molecule has 0 radical (unpaired) electrons. The molecule has 0 unspecified atom stereocenters. The van der Waals surface area contributed by atoms with Gasteiger partial charge in [0.15, 0.2) is 10.1 Å². The van der Waals surface area contributed by atoms with E-state index in [-0.39, 0.29) is 0 Å². The van der Waals surface area contributed by atoms with Crippen LogP contribution in [0.5, 0.6) is 0 Å². The van der Waals surface area contributed by atoms with Crippen LogP contribution >= 0.6 is 0 Å². The molecule has 3 rings (SSSR count). The van der Waals surface area contributed by atoms with E-state index in [9.17, 15) is 13.2 Å². The Bertz CT molecular complexity index is 850. The molecule has 0 saturated carbocycles. The van der Waals surface area contributed by atoms with Crippen LogP contribution < -0.4 is 0 Å². The average molecular weight is 372 g/mol. The SMILES string of the molecule is O=S(=O)([O-])C(F)(F)F.c1ccc(-c2c[o+]c(-c3ccccc3)o2)cc1. The molecule has 5 nitrogen and oxygen atoms in total. The molecule has 1 aromatic heterocycles. The van der Waals surface area contributed by atoms with Gasteiger partial charge >= 0.3 is 17.2 Å². The minimum Gasteiger partial charge on any atom is -0.741 e. The predicted octanol–water partition coefficient (Wildman–Crippen LogP) is 4.54. The standard InChI is InChI=1S/C15H11O2.CHF3O3S/c1-3-7-12(8-4-1)14-11-16-15(17-14)13-9-5-2-6-10-13;2-1(3,4)8(5,6)7/h1-11H;(H,5,6,7)/q+1;/p-1. The Kier molecular flexibility index (Phi) is 5.60. The van der Waals surface area contributed by atoms with E-state index in [1.54, 1.807) is 6.26 Å². The summed E-state index contributed by atoms with van der Waals surface area (Å²) in [5.74, 6) is 1.27. The zero-order valence-corrected chi connectivity index (χ0v) is 13.3. The molecule has 9 heteroatoms. The van der Waals surface area contributed by atoms with Gasteiger partial charge in [0.25, 0.3) is 6.26 Å². The fourth-order valence-corrected chi connectivity index (χ4v) is 1.69. The molecule has 0 aliphatic rings. The summed E-state index contributed by atoms with van der Waals surface area (Å²) in [5.41, 5.74) is -3.69. The third-order valence-electron chi connectivity index (χ3n) is 2.83. The lowest BCUT2D eigenvalue weighted by Gasteiger charge is -2.08. The second-order valence-corrected chi connectivity index (χ2v) is 5.99. The number of hydrogen-bond acceptors (Lipinski definition) is 4. The van der Waals surface area contributed by atoms with E-state index in [1.165, 1.54) is 0 Å². The number of rotatable bonds is 2. The monoisotopic (exact) mass is 372 g/mol. The van der Waals surface area contributed by atoms with Crippen molar-refractivity contribution < 1.29 is 35.0 Å². The summed E-state index contributed by atoms with van der Waals surface area (Å²) in [4.78, 5) is 0. The van der Waals surface area contributed by atoms with Crippen molar-refractivity contribution in [2.75, 3.05) is 0 Å². The molecule has 0 fully saturated rings. The molecule has 3 aromatic rings. The van der Waals surface area contributed by atoms with Crippen LogP contribution in [0.2, 0.25) is 0 Å². The second-order valence-electron chi connectivity index (χ2n) is 4.62. The van der Waals surface area contributed by atoms with Crippen LogP contribution in [0.1, 0.15) is 0 Å². The summed E-state index contributed by atoms with van der Waals surface area (Å²) in [7, 11) is -6.09. The van der Waals surface area contributed by atoms with Gasteiger partial charge in [-0.05, 0) is 24.3 Å². The lowest BCUT2D eigenvalue weighted by atomic mass is 10.2. The smallest absolute Gasteiger partial charge is 0.532 e. The van der Waals surface area contributed by atoms with E-state index in [1.807, 2.05) is 60.7 Å². The highest BCUT2D eigenvalue weighted by molar-refractivity contribution is 7.86. The van der Waals surface area contributed by atoms with Crippen LogP contribution in [-0.4, -0.2) is 18.5 Å². The zero-order chi connectivity index (χ0) is 18.5. The highest BCUT2D eigenvalue weighted by atomic mass is 32.2. The number of halogens is 3. The molecule has 0 saturated heterocycles. The third kappa shape index (κ3) is 5.16. The Hall–Kier alpha value is -2.65. The van der Waals surface area contributed by atoms with E-state index < -0.39 is 15.6 Å². The van der Waals surface area contributed by atoms with Crippen molar-refractivity contribution >= 4 is 10.1 Å². The van der Waals surface area contributed by atoms with Gasteiger partial charge in [0.05, 0.1) is 5.56 Å². The molecule has 0 N–H and O–H groups in total. The van der Waals surface area contributed by atoms with Crippen molar-refractivity contribution in [1.29, 1.82) is 0 Å². The lowest BCUT2D eigenvalue weighted by Crippen LogP contribution is -2.21. The van der Waals surface area contributed by atoms with Crippen LogP contribution in [-0.2, 0) is 10.1 Å². The second kappa shape index (κ2) is 7.49. The largest absolute Gasteiger partial charge is 0.741 e. The molecule has 0 bridgehead atoms. The Morgan fingerprint density at radius 3 is 1.76 bits per heavy atom. The Labute approximate surface area is 141 Å².